The van der Waals surface area contributed by atoms with Gasteiger partial charge in [-0.1, -0.05) is 68.3 Å². The summed E-state index contributed by atoms with van der Waals surface area (Å²) >= 11 is 0. The lowest BCUT2D eigenvalue weighted by Crippen LogP contribution is -2.57. The van der Waals surface area contributed by atoms with E-state index in [0.717, 1.165) is 35.1 Å². The SMILES string of the molecule is CC1CCCC(NC(=O)CC(C)NC(=O)OCC2c3ccccc3-c3ccccc32)(C(=O)O)C1. The standard InChI is InChI=1S/C27H32N2O5/c1-17-8-7-13-27(15-17,25(31)32)29-24(30)14-18(2)28-26(33)34-16-23-21-11-5-3-9-19(21)20-10-4-6-12-22(20)23/h3-6,9-12,17-18,23H,7-8,13-16H2,1-2H3,(H,28,33)(H,29,30)(H,31,32). The first-order valence-electron chi connectivity index (χ1n) is 11.9. The van der Waals surface area contributed by atoms with E-state index in [9.17, 15) is 19.5 Å². The molecule has 0 aliphatic heterocycles. The minimum absolute atomic E-state index is 0.0202. The molecule has 34 heavy (non-hydrogen) atoms. The van der Waals surface area contributed by atoms with Crippen LogP contribution in [0.1, 0.15) is 63.0 Å². The Balaban J connectivity index is 1.31. The number of hydrogen-bond donors (Lipinski definition) is 3. The summed E-state index contributed by atoms with van der Waals surface area (Å²) in [6.45, 7) is 3.90. The predicted molar refractivity (Wildman–Crippen MR) is 128 cm³/mol. The summed E-state index contributed by atoms with van der Waals surface area (Å²) < 4.78 is 5.54. The van der Waals surface area contributed by atoms with Crippen molar-refractivity contribution in [2.24, 2.45) is 5.92 Å². The van der Waals surface area contributed by atoms with E-state index in [4.69, 9.17) is 4.74 Å². The molecule has 7 nitrogen and oxygen atoms in total. The third-order valence-electron chi connectivity index (χ3n) is 6.98. The molecule has 180 valence electrons. The molecule has 2 aliphatic carbocycles. The number of alkyl carbamates (subject to hydrolysis) is 1. The van der Waals surface area contributed by atoms with Crippen molar-refractivity contribution in [1.29, 1.82) is 0 Å². The van der Waals surface area contributed by atoms with Crippen LogP contribution < -0.4 is 10.6 Å². The Morgan fingerprint density at radius 2 is 1.71 bits per heavy atom. The topological polar surface area (TPSA) is 105 Å². The van der Waals surface area contributed by atoms with Crippen LogP contribution in [-0.2, 0) is 14.3 Å². The van der Waals surface area contributed by atoms with Crippen molar-refractivity contribution in [3.8, 4) is 11.1 Å². The van der Waals surface area contributed by atoms with Crippen LogP contribution in [0.2, 0.25) is 0 Å². The van der Waals surface area contributed by atoms with Gasteiger partial charge in [-0.2, -0.15) is 0 Å². The molecule has 4 rings (SSSR count). The van der Waals surface area contributed by atoms with Crippen LogP contribution in [-0.4, -0.2) is 41.3 Å². The summed E-state index contributed by atoms with van der Waals surface area (Å²) in [7, 11) is 0. The van der Waals surface area contributed by atoms with Crippen LogP contribution in [0.3, 0.4) is 0 Å². The van der Waals surface area contributed by atoms with Gasteiger partial charge in [-0.05, 0) is 47.9 Å². The van der Waals surface area contributed by atoms with Gasteiger partial charge in [-0.25, -0.2) is 9.59 Å². The van der Waals surface area contributed by atoms with E-state index in [1.54, 1.807) is 6.92 Å². The predicted octanol–water partition coefficient (Wildman–Crippen LogP) is 4.45. The maximum absolute atomic E-state index is 12.6. The van der Waals surface area contributed by atoms with E-state index < -0.39 is 23.6 Å². The summed E-state index contributed by atoms with van der Waals surface area (Å²) in [5.41, 5.74) is 3.34. The molecule has 0 aromatic heterocycles. The van der Waals surface area contributed by atoms with E-state index >= 15 is 0 Å². The number of carbonyl (C=O) groups excluding carboxylic acids is 2. The van der Waals surface area contributed by atoms with Crippen LogP contribution >= 0.6 is 0 Å². The van der Waals surface area contributed by atoms with Gasteiger partial charge in [0.15, 0.2) is 0 Å². The van der Waals surface area contributed by atoms with Gasteiger partial charge >= 0.3 is 12.1 Å². The van der Waals surface area contributed by atoms with Crippen molar-refractivity contribution >= 4 is 18.0 Å². The normalized spacial score (nSPS) is 22.2. The first-order valence-corrected chi connectivity index (χ1v) is 11.9. The third kappa shape index (κ3) is 4.93. The summed E-state index contributed by atoms with van der Waals surface area (Å²) in [4.78, 5) is 37.0. The Morgan fingerprint density at radius 3 is 2.29 bits per heavy atom. The molecule has 0 bridgehead atoms. The monoisotopic (exact) mass is 464 g/mol. The van der Waals surface area contributed by atoms with Crippen molar-refractivity contribution in [1.82, 2.24) is 10.6 Å². The Hall–Kier alpha value is -3.35. The van der Waals surface area contributed by atoms with E-state index in [1.165, 1.54) is 0 Å². The average molecular weight is 465 g/mol. The number of fused-ring (bicyclic) bond motifs is 3. The maximum atomic E-state index is 12.6. The highest BCUT2D eigenvalue weighted by atomic mass is 16.5. The fourth-order valence-electron chi connectivity index (χ4n) is 5.40. The summed E-state index contributed by atoms with van der Waals surface area (Å²) in [5, 5.41) is 15.2. The van der Waals surface area contributed by atoms with Gasteiger partial charge in [-0.3, -0.25) is 4.79 Å². The number of nitrogens with one attached hydrogen (secondary N) is 2. The van der Waals surface area contributed by atoms with Gasteiger partial charge < -0.3 is 20.5 Å². The first-order chi connectivity index (χ1) is 16.3. The molecule has 0 radical (unpaired) electrons. The molecular formula is C27H32N2O5. The highest BCUT2D eigenvalue weighted by Crippen LogP contribution is 2.44. The second-order valence-corrected chi connectivity index (χ2v) is 9.71. The molecule has 3 atom stereocenters. The number of amides is 2. The Labute approximate surface area is 199 Å². The van der Waals surface area contributed by atoms with Gasteiger partial charge in [0.1, 0.15) is 12.1 Å². The van der Waals surface area contributed by atoms with Gasteiger partial charge in [0.25, 0.3) is 0 Å². The quantitative estimate of drug-likeness (QED) is 0.561. The van der Waals surface area contributed by atoms with Crippen molar-refractivity contribution < 1.29 is 24.2 Å². The van der Waals surface area contributed by atoms with Crippen molar-refractivity contribution in [2.45, 2.75) is 63.5 Å². The number of aliphatic carboxylic acids is 1. The molecule has 2 aromatic rings. The largest absolute Gasteiger partial charge is 0.480 e. The summed E-state index contributed by atoms with van der Waals surface area (Å²) in [6.07, 6.45) is 1.95. The van der Waals surface area contributed by atoms with Crippen LogP contribution in [0.25, 0.3) is 11.1 Å². The zero-order valence-electron chi connectivity index (χ0n) is 19.7. The van der Waals surface area contributed by atoms with Gasteiger partial charge in [-0.15, -0.1) is 0 Å². The zero-order chi connectivity index (χ0) is 24.3. The number of ether oxygens (including phenoxy) is 1. The Bertz CT molecular complexity index is 1040. The van der Waals surface area contributed by atoms with Crippen molar-refractivity contribution in [2.75, 3.05) is 6.61 Å². The van der Waals surface area contributed by atoms with E-state index in [-0.39, 0.29) is 30.8 Å². The van der Waals surface area contributed by atoms with Crippen LogP contribution in [0.5, 0.6) is 0 Å². The molecule has 3 unspecified atom stereocenters. The first kappa shape index (κ1) is 23.8. The second-order valence-electron chi connectivity index (χ2n) is 9.71. The highest BCUT2D eigenvalue weighted by Gasteiger charge is 2.43. The van der Waals surface area contributed by atoms with Crippen LogP contribution in [0.4, 0.5) is 4.79 Å². The average Bonchev–Trinajstić information content (AvgIpc) is 3.11. The van der Waals surface area contributed by atoms with E-state index in [0.29, 0.717) is 12.8 Å². The minimum atomic E-state index is -1.22. The molecule has 2 amide bonds. The second kappa shape index (κ2) is 9.87. The molecule has 2 aliphatic rings. The van der Waals surface area contributed by atoms with Gasteiger partial charge in [0, 0.05) is 18.4 Å². The Morgan fingerprint density at radius 1 is 1.09 bits per heavy atom. The molecule has 3 N–H and O–H groups in total. The van der Waals surface area contributed by atoms with Crippen molar-refractivity contribution in [3.63, 3.8) is 0 Å². The number of carboxylic acid groups (broad SMARTS) is 1. The zero-order valence-corrected chi connectivity index (χ0v) is 19.7. The number of rotatable bonds is 7. The minimum Gasteiger partial charge on any atom is -0.480 e. The van der Waals surface area contributed by atoms with E-state index in [1.807, 2.05) is 31.2 Å². The lowest BCUT2D eigenvalue weighted by Gasteiger charge is -2.37. The highest BCUT2D eigenvalue weighted by molar-refractivity contribution is 5.87. The summed E-state index contributed by atoms with van der Waals surface area (Å²) in [6, 6.07) is 15.7. The van der Waals surface area contributed by atoms with E-state index in [2.05, 4.69) is 34.9 Å². The number of carbonyl (C=O) groups is 3. The number of carboxylic acids is 1. The Kier molecular flexibility index (Phi) is 6.91. The van der Waals surface area contributed by atoms with Crippen LogP contribution in [0.15, 0.2) is 48.5 Å². The fraction of sp³-hybridized carbons (Fsp3) is 0.444. The molecule has 0 spiro atoms. The lowest BCUT2D eigenvalue weighted by molar-refractivity contribution is -0.150. The molecule has 2 aromatic carbocycles. The smallest absolute Gasteiger partial charge is 0.407 e. The molecule has 7 heteroatoms. The molecular weight excluding hydrogens is 432 g/mol. The number of benzene rings is 2. The van der Waals surface area contributed by atoms with Gasteiger partial charge in [0.2, 0.25) is 5.91 Å². The van der Waals surface area contributed by atoms with Crippen molar-refractivity contribution in [3.05, 3.63) is 59.7 Å². The molecule has 1 saturated carbocycles. The van der Waals surface area contributed by atoms with Crippen LogP contribution in [0, 0.1) is 5.92 Å². The molecule has 0 saturated heterocycles. The molecule has 0 heterocycles. The third-order valence-corrected chi connectivity index (χ3v) is 6.98. The summed E-state index contributed by atoms with van der Waals surface area (Å²) in [5.74, 6) is -1.19. The number of hydrogen-bond acceptors (Lipinski definition) is 4. The van der Waals surface area contributed by atoms with Gasteiger partial charge in [0.05, 0.1) is 0 Å². The maximum Gasteiger partial charge on any atom is 0.407 e. The fourth-order valence-corrected chi connectivity index (χ4v) is 5.40. The lowest BCUT2D eigenvalue weighted by atomic mass is 9.76. The molecule has 1 fully saturated rings.